The van der Waals surface area contributed by atoms with Crippen molar-refractivity contribution in [2.75, 3.05) is 20.2 Å². The van der Waals surface area contributed by atoms with E-state index in [1.165, 1.54) is 12.7 Å². The van der Waals surface area contributed by atoms with Gasteiger partial charge in [-0.1, -0.05) is 36.4 Å². The number of piperidine rings is 1. The second kappa shape index (κ2) is 8.45. The lowest BCUT2D eigenvalue weighted by atomic mass is 9.88. The molecule has 1 saturated heterocycles. The van der Waals surface area contributed by atoms with Crippen LogP contribution < -0.4 is 4.74 Å². The number of likely N-dealkylation sites (tertiary alicyclic amines) is 1. The highest BCUT2D eigenvalue weighted by Gasteiger charge is 2.25. The van der Waals surface area contributed by atoms with Crippen LogP contribution in [0.4, 0.5) is 4.39 Å². The first-order valence-electron chi connectivity index (χ1n) is 8.92. The van der Waals surface area contributed by atoms with E-state index in [9.17, 15) is 9.50 Å². The van der Waals surface area contributed by atoms with E-state index in [0.717, 1.165) is 44.5 Å². The van der Waals surface area contributed by atoms with Gasteiger partial charge in [0.1, 0.15) is 0 Å². The molecule has 0 radical (unpaired) electrons. The molecule has 0 spiro atoms. The molecule has 4 heteroatoms. The molecular weight excluding hydrogens is 317 g/mol. The van der Waals surface area contributed by atoms with E-state index in [4.69, 9.17) is 4.74 Å². The third-order valence-electron chi connectivity index (χ3n) is 5.09. The number of nitrogens with zero attached hydrogens (tertiary/aromatic N) is 1. The monoisotopic (exact) mass is 343 g/mol. The summed E-state index contributed by atoms with van der Waals surface area (Å²) >= 11 is 0. The summed E-state index contributed by atoms with van der Waals surface area (Å²) in [5.74, 6) is 0.309. The van der Waals surface area contributed by atoms with Gasteiger partial charge in [0.05, 0.1) is 13.2 Å². The van der Waals surface area contributed by atoms with Gasteiger partial charge in [0.15, 0.2) is 11.6 Å². The van der Waals surface area contributed by atoms with Gasteiger partial charge in [-0.25, -0.2) is 4.39 Å². The summed E-state index contributed by atoms with van der Waals surface area (Å²) in [5, 5.41) is 10.5. The molecule has 3 nitrogen and oxygen atoms in total. The van der Waals surface area contributed by atoms with Gasteiger partial charge in [-0.05, 0) is 61.5 Å². The number of aliphatic hydroxyl groups excluding tert-OH is 1. The third-order valence-corrected chi connectivity index (χ3v) is 5.09. The Bertz CT molecular complexity index is 669. The number of ether oxygens (including phenoxy) is 1. The molecule has 3 rings (SSSR count). The number of methoxy groups -OCH3 is 1. The van der Waals surface area contributed by atoms with Crippen LogP contribution in [0.3, 0.4) is 0 Å². The minimum atomic E-state index is -0.312. The summed E-state index contributed by atoms with van der Waals surface area (Å²) in [5.41, 5.74) is 2.15. The van der Waals surface area contributed by atoms with Crippen molar-refractivity contribution >= 4 is 0 Å². The van der Waals surface area contributed by atoms with Crippen molar-refractivity contribution in [3.05, 3.63) is 65.5 Å². The van der Waals surface area contributed by atoms with E-state index in [1.54, 1.807) is 12.1 Å². The first kappa shape index (κ1) is 17.9. The fourth-order valence-corrected chi connectivity index (χ4v) is 3.58. The van der Waals surface area contributed by atoms with Gasteiger partial charge >= 0.3 is 0 Å². The Balaban J connectivity index is 1.49. The second-order valence-electron chi connectivity index (χ2n) is 6.84. The standard InChI is InChI=1S/C21H26FNO2/c1-25-21-8-7-17(13-19(21)22)15-23-11-9-18(10-12-23)20(24)14-16-5-3-2-4-6-16/h2-8,13,18,20,24H,9-12,14-15H2,1H3/t20-/m0/s1. The molecule has 1 atom stereocenters. The van der Waals surface area contributed by atoms with Crippen molar-refractivity contribution in [2.45, 2.75) is 31.9 Å². The van der Waals surface area contributed by atoms with Crippen molar-refractivity contribution in [2.24, 2.45) is 5.92 Å². The number of rotatable bonds is 6. The lowest BCUT2D eigenvalue weighted by molar-refractivity contribution is 0.0576. The number of hydrogen-bond donors (Lipinski definition) is 1. The Labute approximate surface area is 149 Å². The lowest BCUT2D eigenvalue weighted by Gasteiger charge is -2.34. The van der Waals surface area contributed by atoms with Crippen LogP contribution in [-0.2, 0) is 13.0 Å². The fraction of sp³-hybridized carbons (Fsp3) is 0.429. The maximum Gasteiger partial charge on any atom is 0.165 e. The maximum absolute atomic E-state index is 13.8. The number of halogens is 1. The molecule has 1 N–H and O–H groups in total. The Kier molecular flexibility index (Phi) is 6.05. The molecule has 0 bridgehead atoms. The van der Waals surface area contributed by atoms with Gasteiger partial charge < -0.3 is 9.84 Å². The molecule has 0 amide bonds. The molecule has 1 aliphatic heterocycles. The number of benzene rings is 2. The maximum atomic E-state index is 13.8. The topological polar surface area (TPSA) is 32.7 Å². The highest BCUT2D eigenvalue weighted by molar-refractivity contribution is 5.29. The van der Waals surface area contributed by atoms with Gasteiger partial charge in [-0.15, -0.1) is 0 Å². The first-order chi connectivity index (χ1) is 12.2. The highest BCUT2D eigenvalue weighted by Crippen LogP contribution is 2.25. The zero-order valence-corrected chi connectivity index (χ0v) is 14.7. The average molecular weight is 343 g/mol. The van der Waals surface area contributed by atoms with Crippen LogP contribution in [0.1, 0.15) is 24.0 Å². The van der Waals surface area contributed by atoms with E-state index < -0.39 is 0 Å². The molecule has 134 valence electrons. The molecule has 0 unspecified atom stereocenters. The van der Waals surface area contributed by atoms with Gasteiger partial charge in [-0.3, -0.25) is 4.90 Å². The minimum absolute atomic E-state index is 0.284. The quantitative estimate of drug-likeness (QED) is 0.869. The van der Waals surface area contributed by atoms with Crippen molar-refractivity contribution in [3.8, 4) is 5.75 Å². The van der Waals surface area contributed by atoms with E-state index in [1.807, 2.05) is 24.3 Å². The van der Waals surface area contributed by atoms with Crippen molar-refractivity contribution in [1.29, 1.82) is 0 Å². The molecule has 2 aromatic rings. The van der Waals surface area contributed by atoms with E-state index in [2.05, 4.69) is 17.0 Å². The van der Waals surface area contributed by atoms with Crippen LogP contribution in [0.2, 0.25) is 0 Å². The van der Waals surface area contributed by atoms with E-state index in [-0.39, 0.29) is 17.7 Å². The normalized spacial score (nSPS) is 17.4. The Morgan fingerprint density at radius 1 is 1.12 bits per heavy atom. The smallest absolute Gasteiger partial charge is 0.165 e. The summed E-state index contributed by atoms with van der Waals surface area (Å²) in [6.45, 7) is 2.61. The third kappa shape index (κ3) is 4.80. The highest BCUT2D eigenvalue weighted by atomic mass is 19.1. The predicted octanol–water partition coefficient (Wildman–Crippen LogP) is 3.65. The molecule has 2 aromatic carbocycles. The molecule has 1 aliphatic rings. The SMILES string of the molecule is COc1ccc(CN2CCC([C@@H](O)Cc3ccccc3)CC2)cc1F. The summed E-state index contributed by atoms with van der Waals surface area (Å²) in [7, 11) is 1.48. The zero-order chi connectivity index (χ0) is 17.6. The fourth-order valence-electron chi connectivity index (χ4n) is 3.58. The summed E-state index contributed by atoms with van der Waals surface area (Å²) in [6.07, 6.45) is 2.39. The summed E-state index contributed by atoms with van der Waals surface area (Å²) < 4.78 is 18.8. The summed E-state index contributed by atoms with van der Waals surface area (Å²) in [4.78, 5) is 2.33. The van der Waals surface area contributed by atoms with Crippen molar-refractivity contribution in [3.63, 3.8) is 0 Å². The molecular formula is C21H26FNO2. The van der Waals surface area contributed by atoms with Crippen molar-refractivity contribution in [1.82, 2.24) is 4.90 Å². The molecule has 1 heterocycles. The summed E-state index contributed by atoms with van der Waals surface area (Å²) in [6, 6.07) is 15.3. The Morgan fingerprint density at radius 2 is 1.84 bits per heavy atom. The minimum Gasteiger partial charge on any atom is -0.494 e. The van der Waals surface area contributed by atoms with Crippen LogP contribution in [0.15, 0.2) is 48.5 Å². The van der Waals surface area contributed by atoms with Crippen LogP contribution in [0, 0.1) is 11.7 Å². The van der Waals surface area contributed by atoms with Gasteiger partial charge in [0, 0.05) is 6.54 Å². The molecule has 0 aliphatic carbocycles. The van der Waals surface area contributed by atoms with Crippen molar-refractivity contribution < 1.29 is 14.2 Å². The Morgan fingerprint density at radius 3 is 2.48 bits per heavy atom. The van der Waals surface area contributed by atoms with Crippen LogP contribution >= 0.6 is 0 Å². The molecule has 1 fully saturated rings. The lowest BCUT2D eigenvalue weighted by Crippen LogP contribution is -2.38. The van der Waals surface area contributed by atoms with Crippen LogP contribution in [0.25, 0.3) is 0 Å². The van der Waals surface area contributed by atoms with E-state index >= 15 is 0 Å². The first-order valence-corrected chi connectivity index (χ1v) is 8.92. The van der Waals surface area contributed by atoms with Crippen LogP contribution in [-0.4, -0.2) is 36.3 Å². The molecule has 0 saturated carbocycles. The van der Waals surface area contributed by atoms with Crippen LogP contribution in [0.5, 0.6) is 5.75 Å². The predicted molar refractivity (Wildman–Crippen MR) is 97.1 cm³/mol. The van der Waals surface area contributed by atoms with Gasteiger partial charge in [0.25, 0.3) is 0 Å². The second-order valence-corrected chi connectivity index (χ2v) is 6.84. The van der Waals surface area contributed by atoms with E-state index in [0.29, 0.717) is 5.92 Å². The molecule has 0 aromatic heterocycles. The Hall–Kier alpha value is -1.91. The number of aliphatic hydroxyl groups is 1. The number of hydrogen-bond acceptors (Lipinski definition) is 3. The van der Waals surface area contributed by atoms with Gasteiger partial charge in [-0.2, -0.15) is 0 Å². The molecule has 25 heavy (non-hydrogen) atoms. The zero-order valence-electron chi connectivity index (χ0n) is 14.7. The largest absolute Gasteiger partial charge is 0.494 e. The average Bonchev–Trinajstić information content (AvgIpc) is 2.63. The van der Waals surface area contributed by atoms with Gasteiger partial charge in [0.2, 0.25) is 0 Å².